The fraction of sp³-hybridized carbons (Fsp3) is 0.440. The van der Waals surface area contributed by atoms with Crippen molar-refractivity contribution in [3.05, 3.63) is 39.9 Å². The van der Waals surface area contributed by atoms with Crippen LogP contribution in [0.3, 0.4) is 0 Å². The van der Waals surface area contributed by atoms with Crippen LogP contribution in [0, 0.1) is 11.8 Å². The average molecular weight is 549 g/mol. The Kier molecular flexibility index (Phi) is 6.71. The number of carbonyl (C=O) groups excluding carboxylic acids is 4. The van der Waals surface area contributed by atoms with Crippen LogP contribution < -0.4 is 16.0 Å². The van der Waals surface area contributed by atoms with Crippen molar-refractivity contribution in [3.63, 3.8) is 0 Å². The molecule has 0 aliphatic heterocycles. The summed E-state index contributed by atoms with van der Waals surface area (Å²) < 4.78 is 0. The number of aromatic hydroxyl groups is 1. The van der Waals surface area contributed by atoms with Crippen LogP contribution in [0.2, 0.25) is 0 Å². The summed E-state index contributed by atoms with van der Waals surface area (Å²) >= 11 is 5.58. The van der Waals surface area contributed by atoms with Gasteiger partial charge in [-0.15, -0.1) is 11.6 Å². The summed E-state index contributed by atoms with van der Waals surface area (Å²) in [6.45, 7) is 0. The third-order valence-electron chi connectivity index (χ3n) is 7.58. The lowest BCUT2D eigenvalue weighted by atomic mass is 9.58. The fourth-order valence-electron chi connectivity index (χ4n) is 5.98. The first-order valence-electron chi connectivity index (χ1n) is 11.7. The first kappa shape index (κ1) is 27.4. The molecule has 0 fully saturated rings. The number of allylic oxidation sites excluding steroid dienone is 1. The van der Waals surface area contributed by atoms with Crippen molar-refractivity contribution < 1.29 is 39.6 Å². The van der Waals surface area contributed by atoms with Crippen molar-refractivity contribution in [3.8, 4) is 5.75 Å². The van der Waals surface area contributed by atoms with Crippen LogP contribution in [0.15, 0.2) is 28.7 Å². The molecule has 2 amide bonds. The summed E-state index contributed by atoms with van der Waals surface area (Å²) in [4.78, 5) is 54.4. The summed E-state index contributed by atoms with van der Waals surface area (Å²) in [5.41, 5.74) is 2.12. The molecule has 0 radical (unpaired) electrons. The largest absolute Gasteiger partial charge is 0.510 e. The molecule has 4 atom stereocenters. The van der Waals surface area contributed by atoms with E-state index in [9.17, 15) is 39.6 Å². The smallest absolute Gasteiger partial charge is 0.255 e. The van der Waals surface area contributed by atoms with Crippen molar-refractivity contribution >= 4 is 46.4 Å². The number of alkyl halides is 1. The molecule has 0 saturated heterocycles. The van der Waals surface area contributed by atoms with E-state index in [1.165, 1.54) is 11.0 Å². The minimum atomic E-state index is -2.73. The number of nitrogens with two attached hydrogens (primary N) is 1. The van der Waals surface area contributed by atoms with Gasteiger partial charge in [0.15, 0.2) is 17.1 Å². The number of phenols is 1. The van der Waals surface area contributed by atoms with Crippen molar-refractivity contribution in [1.82, 2.24) is 4.90 Å². The quantitative estimate of drug-likeness (QED) is 0.170. The molecule has 0 aromatic heterocycles. The SMILES string of the molecule is CN(C)c1cc(NC(=O)CCl)c(O)c2c1CC1CC3[C@H](N(C)C)C(O)=C(C(N)=O)C(=O)C3(O)C(O)=C1C2=O. The summed E-state index contributed by atoms with van der Waals surface area (Å²) in [5.74, 6) is -8.45. The second-order valence-corrected chi connectivity index (χ2v) is 10.5. The third-order valence-corrected chi connectivity index (χ3v) is 7.82. The monoisotopic (exact) mass is 548 g/mol. The summed E-state index contributed by atoms with van der Waals surface area (Å²) in [6, 6.07) is 0.426. The Morgan fingerprint density at radius 2 is 1.82 bits per heavy atom. The van der Waals surface area contributed by atoms with Crippen LogP contribution in [0.4, 0.5) is 11.4 Å². The number of nitrogens with zero attached hydrogens (tertiary/aromatic N) is 2. The number of primary amides is 1. The van der Waals surface area contributed by atoms with Gasteiger partial charge in [0.2, 0.25) is 11.7 Å². The Balaban J connectivity index is 1.97. The van der Waals surface area contributed by atoms with Crippen LogP contribution in [0.5, 0.6) is 5.75 Å². The van der Waals surface area contributed by atoms with Gasteiger partial charge in [0.25, 0.3) is 5.91 Å². The van der Waals surface area contributed by atoms with E-state index < -0.39 is 75.6 Å². The number of ketones is 2. The molecule has 0 heterocycles. The van der Waals surface area contributed by atoms with Gasteiger partial charge in [-0.25, -0.2) is 0 Å². The highest BCUT2D eigenvalue weighted by molar-refractivity contribution is 6.29. The van der Waals surface area contributed by atoms with Crippen LogP contribution in [0.1, 0.15) is 22.3 Å². The van der Waals surface area contributed by atoms with E-state index in [1.807, 2.05) is 0 Å². The molecule has 12 nitrogen and oxygen atoms in total. The van der Waals surface area contributed by atoms with Crippen molar-refractivity contribution in [1.29, 1.82) is 0 Å². The number of fused-ring (bicyclic) bond motifs is 3. The number of anilines is 2. The third kappa shape index (κ3) is 3.74. The average Bonchev–Trinajstić information content (AvgIpc) is 2.82. The van der Waals surface area contributed by atoms with Crippen LogP contribution in [-0.2, 0) is 20.8 Å². The Labute approximate surface area is 223 Å². The molecular formula is C25H29ClN4O8. The topological polar surface area (TPSA) is 194 Å². The van der Waals surface area contributed by atoms with Crippen molar-refractivity contribution in [2.75, 3.05) is 44.3 Å². The lowest BCUT2D eigenvalue weighted by molar-refractivity contribution is -0.148. The van der Waals surface area contributed by atoms with E-state index in [1.54, 1.807) is 33.1 Å². The molecular weight excluding hydrogens is 520 g/mol. The predicted octanol–water partition coefficient (Wildman–Crippen LogP) is 0.364. The molecule has 3 aliphatic rings. The maximum atomic E-state index is 13.9. The number of halogens is 1. The Bertz CT molecular complexity index is 1350. The normalized spacial score (nSPS) is 26.7. The number of Topliss-reactive ketones (excluding diaryl/α,β-unsaturated/α-hetero) is 2. The van der Waals surface area contributed by atoms with Gasteiger partial charge in [-0.2, -0.15) is 0 Å². The number of nitrogens with one attached hydrogen (secondary N) is 1. The van der Waals surface area contributed by atoms with Gasteiger partial charge in [0, 0.05) is 31.3 Å². The Morgan fingerprint density at radius 1 is 1.18 bits per heavy atom. The molecule has 1 aromatic rings. The zero-order valence-corrected chi connectivity index (χ0v) is 22.0. The molecule has 38 heavy (non-hydrogen) atoms. The maximum absolute atomic E-state index is 13.9. The summed E-state index contributed by atoms with van der Waals surface area (Å²) in [6.07, 6.45) is 0.101. The highest BCUT2D eigenvalue weighted by Gasteiger charge is 2.63. The Morgan fingerprint density at radius 3 is 2.34 bits per heavy atom. The molecule has 0 bridgehead atoms. The minimum absolute atomic E-state index is 0.0237. The van der Waals surface area contributed by atoms with E-state index >= 15 is 0 Å². The first-order valence-corrected chi connectivity index (χ1v) is 12.3. The van der Waals surface area contributed by atoms with E-state index in [0.717, 1.165) is 0 Å². The standard InChI is InChI=1S/C25H29ClN4O8/c1-29(2)13-7-12(28-14(31)8-26)19(32)16-10(13)5-9-6-11-18(30(3)4)21(34)17(24(27)37)23(36)25(11,38)22(35)15(9)20(16)33/h7,9,11,18,32,34-35,38H,5-6,8H2,1-4H3,(H2,27,37)(H,28,31)/t9?,11?,18-,25?/m0/s1. The minimum Gasteiger partial charge on any atom is -0.510 e. The number of amides is 2. The number of benzene rings is 1. The second-order valence-electron chi connectivity index (χ2n) is 10.2. The number of hydrogen-bond donors (Lipinski definition) is 6. The summed E-state index contributed by atoms with van der Waals surface area (Å²) in [7, 11) is 6.55. The molecule has 4 rings (SSSR count). The molecule has 0 spiro atoms. The molecule has 1 aromatic carbocycles. The molecule has 0 saturated carbocycles. The van der Waals surface area contributed by atoms with Crippen molar-refractivity contribution in [2.45, 2.75) is 24.5 Å². The van der Waals surface area contributed by atoms with Gasteiger partial charge in [-0.3, -0.25) is 24.1 Å². The zero-order chi connectivity index (χ0) is 28.4. The van der Waals surface area contributed by atoms with Gasteiger partial charge >= 0.3 is 0 Å². The highest BCUT2D eigenvalue weighted by atomic mass is 35.5. The maximum Gasteiger partial charge on any atom is 0.255 e. The number of likely N-dealkylation sites (N-methyl/N-ethyl adjacent to an activating group) is 1. The van der Waals surface area contributed by atoms with Gasteiger partial charge < -0.3 is 36.4 Å². The molecule has 3 unspecified atom stereocenters. The Hall–Kier alpha value is -3.61. The lowest BCUT2D eigenvalue weighted by Gasteiger charge is -2.50. The number of aliphatic hydroxyl groups is 3. The molecule has 3 aliphatic carbocycles. The highest BCUT2D eigenvalue weighted by Crippen LogP contribution is 2.53. The molecule has 13 heteroatoms. The number of carbonyl (C=O) groups is 4. The van der Waals surface area contributed by atoms with Crippen molar-refractivity contribution in [2.24, 2.45) is 17.6 Å². The van der Waals surface area contributed by atoms with Gasteiger partial charge in [-0.05, 0) is 44.5 Å². The van der Waals surface area contributed by atoms with E-state index in [-0.39, 0.29) is 29.7 Å². The van der Waals surface area contributed by atoms with Crippen LogP contribution in [-0.4, -0.2) is 94.4 Å². The number of hydrogen-bond acceptors (Lipinski definition) is 10. The molecule has 204 valence electrons. The number of aliphatic hydroxyl groups excluding tert-OH is 2. The molecule has 7 N–H and O–H groups in total. The van der Waals surface area contributed by atoms with Gasteiger partial charge in [0.1, 0.15) is 23.0 Å². The van der Waals surface area contributed by atoms with Crippen LogP contribution >= 0.6 is 11.6 Å². The van der Waals surface area contributed by atoms with E-state index in [0.29, 0.717) is 11.3 Å². The fourth-order valence-corrected chi connectivity index (χ4v) is 6.04. The number of rotatable bonds is 5. The van der Waals surface area contributed by atoms with Gasteiger partial charge in [0.05, 0.1) is 17.3 Å². The lowest BCUT2D eigenvalue weighted by Crippen LogP contribution is -2.63. The predicted molar refractivity (Wildman–Crippen MR) is 137 cm³/mol. The van der Waals surface area contributed by atoms with E-state index in [2.05, 4.69) is 5.32 Å². The summed E-state index contributed by atoms with van der Waals surface area (Å²) in [5, 5.41) is 47.3. The number of phenolic OH excluding ortho intramolecular Hbond substituents is 1. The van der Waals surface area contributed by atoms with Gasteiger partial charge in [-0.1, -0.05) is 0 Å². The second kappa shape index (κ2) is 9.29. The zero-order valence-electron chi connectivity index (χ0n) is 21.2. The van der Waals surface area contributed by atoms with E-state index in [4.69, 9.17) is 17.3 Å². The first-order chi connectivity index (χ1) is 17.7. The van der Waals surface area contributed by atoms with Crippen LogP contribution in [0.25, 0.3) is 0 Å².